The standard InChI is InChI=1S/C16H24N2O3/c1-17-16(20)11-18(10-13-3-4-13)8-7-12-5-6-14(19)15(9-12)21-2/h5-6,9,13,19H,3-4,7-8,10-11H2,1-2H3,(H,17,20). The molecule has 0 saturated heterocycles. The lowest BCUT2D eigenvalue weighted by molar-refractivity contribution is -0.121. The Hall–Kier alpha value is -1.75. The van der Waals surface area contributed by atoms with E-state index in [9.17, 15) is 9.90 Å². The lowest BCUT2D eigenvalue weighted by Gasteiger charge is -2.21. The number of amides is 1. The molecule has 1 aliphatic carbocycles. The molecule has 2 N–H and O–H groups in total. The van der Waals surface area contributed by atoms with Crippen LogP contribution in [0.3, 0.4) is 0 Å². The second-order valence-corrected chi connectivity index (χ2v) is 5.61. The van der Waals surface area contributed by atoms with Gasteiger partial charge < -0.3 is 15.2 Å². The van der Waals surface area contributed by atoms with Gasteiger partial charge in [0, 0.05) is 20.1 Å². The lowest BCUT2D eigenvalue weighted by atomic mass is 10.1. The maximum absolute atomic E-state index is 11.6. The van der Waals surface area contributed by atoms with Crippen molar-refractivity contribution in [3.63, 3.8) is 0 Å². The lowest BCUT2D eigenvalue weighted by Crippen LogP contribution is -2.38. The molecule has 5 heteroatoms. The van der Waals surface area contributed by atoms with E-state index in [1.165, 1.54) is 12.8 Å². The van der Waals surface area contributed by atoms with Crippen LogP contribution in [0.2, 0.25) is 0 Å². The highest BCUT2D eigenvalue weighted by atomic mass is 16.5. The molecule has 0 heterocycles. The van der Waals surface area contributed by atoms with Crippen molar-refractivity contribution in [3.8, 4) is 11.5 Å². The molecule has 0 aromatic heterocycles. The number of carbonyl (C=O) groups excluding carboxylic acids is 1. The van der Waals surface area contributed by atoms with E-state index in [1.807, 2.05) is 12.1 Å². The van der Waals surface area contributed by atoms with E-state index in [1.54, 1.807) is 20.2 Å². The molecule has 5 nitrogen and oxygen atoms in total. The molecule has 1 fully saturated rings. The summed E-state index contributed by atoms with van der Waals surface area (Å²) in [5.41, 5.74) is 1.10. The van der Waals surface area contributed by atoms with E-state index in [-0.39, 0.29) is 11.7 Å². The van der Waals surface area contributed by atoms with Gasteiger partial charge in [-0.25, -0.2) is 0 Å². The smallest absolute Gasteiger partial charge is 0.233 e. The zero-order valence-corrected chi connectivity index (χ0v) is 12.8. The number of aromatic hydroxyl groups is 1. The molecule has 1 aromatic rings. The molecule has 1 aromatic carbocycles. The van der Waals surface area contributed by atoms with Gasteiger partial charge in [-0.05, 0) is 42.9 Å². The van der Waals surface area contributed by atoms with Crippen molar-refractivity contribution >= 4 is 5.91 Å². The number of carbonyl (C=O) groups is 1. The van der Waals surface area contributed by atoms with Crippen LogP contribution < -0.4 is 10.1 Å². The number of methoxy groups -OCH3 is 1. The molecule has 0 unspecified atom stereocenters. The fourth-order valence-corrected chi connectivity index (χ4v) is 2.35. The van der Waals surface area contributed by atoms with Gasteiger partial charge in [0.1, 0.15) is 0 Å². The van der Waals surface area contributed by atoms with Crippen LogP contribution in [0, 0.1) is 5.92 Å². The van der Waals surface area contributed by atoms with Crippen molar-refractivity contribution in [3.05, 3.63) is 23.8 Å². The molecule has 1 saturated carbocycles. The van der Waals surface area contributed by atoms with Crippen LogP contribution in [0.4, 0.5) is 0 Å². The van der Waals surface area contributed by atoms with E-state index in [4.69, 9.17) is 4.74 Å². The summed E-state index contributed by atoms with van der Waals surface area (Å²) in [4.78, 5) is 13.8. The minimum Gasteiger partial charge on any atom is -0.504 e. The Balaban J connectivity index is 1.91. The van der Waals surface area contributed by atoms with E-state index < -0.39 is 0 Å². The van der Waals surface area contributed by atoms with Crippen LogP contribution in [0.5, 0.6) is 11.5 Å². The maximum Gasteiger partial charge on any atom is 0.233 e. The number of likely N-dealkylation sites (N-methyl/N-ethyl adjacent to an activating group) is 1. The van der Waals surface area contributed by atoms with Gasteiger partial charge in [0.05, 0.1) is 13.7 Å². The number of nitrogens with zero attached hydrogens (tertiary/aromatic N) is 1. The van der Waals surface area contributed by atoms with Crippen molar-refractivity contribution < 1.29 is 14.6 Å². The average Bonchev–Trinajstić information content (AvgIpc) is 3.29. The van der Waals surface area contributed by atoms with Gasteiger partial charge >= 0.3 is 0 Å². The Morgan fingerprint density at radius 3 is 2.86 bits per heavy atom. The first-order chi connectivity index (χ1) is 10.1. The number of hydrogen-bond acceptors (Lipinski definition) is 4. The normalized spacial score (nSPS) is 14.2. The number of phenols is 1. The Morgan fingerprint density at radius 2 is 2.24 bits per heavy atom. The number of nitrogens with one attached hydrogen (secondary N) is 1. The number of phenolic OH excluding ortho intramolecular Hbond substituents is 1. The van der Waals surface area contributed by atoms with E-state index in [0.717, 1.165) is 31.0 Å². The van der Waals surface area contributed by atoms with E-state index >= 15 is 0 Å². The predicted molar refractivity (Wildman–Crippen MR) is 81.6 cm³/mol. The topological polar surface area (TPSA) is 61.8 Å². The molecular weight excluding hydrogens is 268 g/mol. The molecular formula is C16H24N2O3. The fourth-order valence-electron chi connectivity index (χ4n) is 2.35. The summed E-state index contributed by atoms with van der Waals surface area (Å²) < 4.78 is 5.12. The van der Waals surface area contributed by atoms with Crippen molar-refractivity contribution in [1.82, 2.24) is 10.2 Å². The largest absolute Gasteiger partial charge is 0.504 e. The molecule has 2 rings (SSSR count). The van der Waals surface area contributed by atoms with Crippen LogP contribution in [0.25, 0.3) is 0 Å². The molecule has 116 valence electrons. The minimum absolute atomic E-state index is 0.0546. The molecule has 0 aliphatic heterocycles. The quantitative estimate of drug-likeness (QED) is 0.760. The highest BCUT2D eigenvalue weighted by Gasteiger charge is 2.25. The molecule has 1 aliphatic rings. The van der Waals surface area contributed by atoms with Crippen LogP contribution in [0.15, 0.2) is 18.2 Å². The number of ether oxygens (including phenoxy) is 1. The van der Waals surface area contributed by atoms with E-state index in [0.29, 0.717) is 12.3 Å². The number of hydrogen-bond donors (Lipinski definition) is 2. The summed E-state index contributed by atoms with van der Waals surface area (Å²) in [5.74, 6) is 1.46. The summed E-state index contributed by atoms with van der Waals surface area (Å²) in [6, 6.07) is 5.40. The first-order valence-electron chi connectivity index (χ1n) is 7.41. The third-order valence-electron chi connectivity index (χ3n) is 3.82. The molecule has 0 radical (unpaired) electrons. The summed E-state index contributed by atoms with van der Waals surface area (Å²) in [5, 5.41) is 12.3. The van der Waals surface area contributed by atoms with Crippen molar-refractivity contribution in [1.29, 1.82) is 0 Å². The van der Waals surface area contributed by atoms with Gasteiger partial charge in [-0.2, -0.15) is 0 Å². The Bertz CT molecular complexity index is 486. The van der Waals surface area contributed by atoms with E-state index in [2.05, 4.69) is 10.2 Å². The fraction of sp³-hybridized carbons (Fsp3) is 0.562. The van der Waals surface area contributed by atoms with Gasteiger partial charge in [-0.1, -0.05) is 6.07 Å². The van der Waals surface area contributed by atoms with Crippen LogP contribution in [0.1, 0.15) is 18.4 Å². The first-order valence-corrected chi connectivity index (χ1v) is 7.41. The van der Waals surface area contributed by atoms with Gasteiger partial charge in [0.15, 0.2) is 11.5 Å². The van der Waals surface area contributed by atoms with Gasteiger partial charge in [0.2, 0.25) is 5.91 Å². The zero-order chi connectivity index (χ0) is 15.2. The highest BCUT2D eigenvalue weighted by molar-refractivity contribution is 5.77. The van der Waals surface area contributed by atoms with Crippen molar-refractivity contribution in [2.24, 2.45) is 5.92 Å². The van der Waals surface area contributed by atoms with Gasteiger partial charge in [-0.15, -0.1) is 0 Å². The summed E-state index contributed by atoms with van der Waals surface area (Å²) in [6.45, 7) is 2.27. The second kappa shape index (κ2) is 7.31. The van der Waals surface area contributed by atoms with Crippen molar-refractivity contribution in [2.75, 3.05) is 33.8 Å². The molecule has 1 amide bonds. The molecule has 21 heavy (non-hydrogen) atoms. The third kappa shape index (κ3) is 4.93. The highest BCUT2D eigenvalue weighted by Crippen LogP contribution is 2.30. The van der Waals surface area contributed by atoms with Crippen LogP contribution in [-0.4, -0.2) is 49.7 Å². The van der Waals surface area contributed by atoms with Crippen LogP contribution >= 0.6 is 0 Å². The average molecular weight is 292 g/mol. The number of rotatable bonds is 8. The second-order valence-electron chi connectivity index (χ2n) is 5.61. The Labute approximate surface area is 125 Å². The summed E-state index contributed by atoms with van der Waals surface area (Å²) >= 11 is 0. The maximum atomic E-state index is 11.6. The Kier molecular flexibility index (Phi) is 5.44. The predicted octanol–water partition coefficient (Wildman–Crippen LogP) is 1.40. The van der Waals surface area contributed by atoms with Gasteiger partial charge in [0.25, 0.3) is 0 Å². The Morgan fingerprint density at radius 1 is 1.48 bits per heavy atom. The first kappa shape index (κ1) is 15.6. The van der Waals surface area contributed by atoms with Crippen LogP contribution in [-0.2, 0) is 11.2 Å². The monoisotopic (exact) mass is 292 g/mol. The molecule has 0 atom stereocenters. The zero-order valence-electron chi connectivity index (χ0n) is 12.8. The van der Waals surface area contributed by atoms with Gasteiger partial charge in [-0.3, -0.25) is 9.69 Å². The molecule has 0 spiro atoms. The number of benzene rings is 1. The molecule has 0 bridgehead atoms. The minimum atomic E-state index is 0.0546. The third-order valence-corrected chi connectivity index (χ3v) is 3.82. The summed E-state index contributed by atoms with van der Waals surface area (Å²) in [6.07, 6.45) is 3.38. The van der Waals surface area contributed by atoms with Crippen molar-refractivity contribution in [2.45, 2.75) is 19.3 Å². The SMILES string of the molecule is CNC(=O)CN(CCc1ccc(O)c(OC)c1)CC1CC1. The summed E-state index contributed by atoms with van der Waals surface area (Å²) in [7, 11) is 3.21.